The lowest BCUT2D eigenvalue weighted by atomic mass is 10.1. The number of carbonyl (C=O) groups excluding carboxylic acids is 1. The van der Waals surface area contributed by atoms with Gasteiger partial charge in [-0.3, -0.25) is 14.1 Å². The van der Waals surface area contributed by atoms with E-state index in [0.717, 1.165) is 49.7 Å². The number of hydrogen-bond acceptors (Lipinski definition) is 5. The van der Waals surface area contributed by atoms with Crippen molar-refractivity contribution in [1.82, 2.24) is 24.8 Å². The zero-order valence-corrected chi connectivity index (χ0v) is 15.4. The van der Waals surface area contributed by atoms with Crippen molar-refractivity contribution in [2.45, 2.75) is 38.6 Å². The summed E-state index contributed by atoms with van der Waals surface area (Å²) in [7, 11) is 0. The molecule has 3 aromatic heterocycles. The largest absolute Gasteiger partial charge is 0.455 e. The summed E-state index contributed by atoms with van der Waals surface area (Å²) in [6.07, 6.45) is 7.31. The molecule has 1 saturated heterocycles. The van der Waals surface area contributed by atoms with Crippen molar-refractivity contribution in [1.29, 1.82) is 0 Å². The van der Waals surface area contributed by atoms with Crippen LogP contribution < -0.4 is 5.32 Å². The summed E-state index contributed by atoms with van der Waals surface area (Å²) in [6.45, 7) is 3.58. The van der Waals surface area contributed by atoms with Gasteiger partial charge in [0, 0.05) is 19.2 Å². The first-order valence-corrected chi connectivity index (χ1v) is 9.67. The van der Waals surface area contributed by atoms with E-state index in [1.807, 2.05) is 34.9 Å². The molecule has 7 nitrogen and oxygen atoms in total. The Kier molecular flexibility index (Phi) is 5.48. The SMILES string of the molecule is O=C(NCCCc1nnc2ccccn12)c1ccc(CN2CCCCC2)o1. The number of rotatable bonds is 7. The maximum Gasteiger partial charge on any atom is 0.286 e. The Morgan fingerprint density at radius 1 is 1.11 bits per heavy atom. The standard InChI is InChI=1S/C20H25N5O2/c26-20(17-10-9-16(27-17)15-24-12-3-1-4-13-24)21-11-6-8-19-23-22-18-7-2-5-14-25(18)19/h2,5,7,9-10,14H,1,3-4,6,8,11-13,15H2,(H,21,26). The first kappa shape index (κ1) is 17.7. The Labute approximate surface area is 158 Å². The molecule has 0 radical (unpaired) electrons. The van der Waals surface area contributed by atoms with Gasteiger partial charge in [0.2, 0.25) is 0 Å². The number of carbonyl (C=O) groups is 1. The number of nitrogens with one attached hydrogen (secondary N) is 1. The molecule has 7 heteroatoms. The van der Waals surface area contributed by atoms with Gasteiger partial charge < -0.3 is 9.73 Å². The number of furan rings is 1. The molecule has 4 rings (SSSR count). The minimum absolute atomic E-state index is 0.161. The Morgan fingerprint density at radius 2 is 2.00 bits per heavy atom. The predicted octanol–water partition coefficient (Wildman–Crippen LogP) is 2.67. The van der Waals surface area contributed by atoms with Crippen LogP contribution in [-0.2, 0) is 13.0 Å². The molecule has 1 fully saturated rings. The first-order valence-electron chi connectivity index (χ1n) is 9.67. The number of nitrogens with zero attached hydrogens (tertiary/aromatic N) is 4. The highest BCUT2D eigenvalue weighted by molar-refractivity contribution is 5.91. The average Bonchev–Trinajstić information content (AvgIpc) is 3.33. The number of fused-ring (bicyclic) bond motifs is 1. The van der Waals surface area contributed by atoms with Gasteiger partial charge >= 0.3 is 0 Å². The fourth-order valence-corrected chi connectivity index (χ4v) is 3.52. The van der Waals surface area contributed by atoms with Crippen LogP contribution in [0.5, 0.6) is 0 Å². The smallest absolute Gasteiger partial charge is 0.286 e. The van der Waals surface area contributed by atoms with Crippen molar-refractivity contribution in [2.75, 3.05) is 19.6 Å². The zero-order chi connectivity index (χ0) is 18.5. The van der Waals surface area contributed by atoms with E-state index < -0.39 is 0 Å². The molecule has 0 bridgehead atoms. The molecule has 142 valence electrons. The second-order valence-corrected chi connectivity index (χ2v) is 7.01. The van der Waals surface area contributed by atoms with Crippen LogP contribution in [0.1, 0.15) is 47.8 Å². The summed E-state index contributed by atoms with van der Waals surface area (Å²) in [4.78, 5) is 14.7. The molecule has 1 amide bonds. The van der Waals surface area contributed by atoms with Crippen LogP contribution in [0.25, 0.3) is 5.65 Å². The third-order valence-electron chi connectivity index (χ3n) is 4.96. The van der Waals surface area contributed by atoms with E-state index in [1.54, 1.807) is 6.07 Å². The molecule has 0 spiro atoms. The van der Waals surface area contributed by atoms with E-state index in [1.165, 1.54) is 19.3 Å². The van der Waals surface area contributed by atoms with Crippen LogP contribution in [-0.4, -0.2) is 45.0 Å². The summed E-state index contributed by atoms with van der Waals surface area (Å²) >= 11 is 0. The summed E-state index contributed by atoms with van der Waals surface area (Å²) < 4.78 is 7.70. The number of likely N-dealkylation sites (tertiary alicyclic amines) is 1. The second-order valence-electron chi connectivity index (χ2n) is 7.01. The molecule has 4 heterocycles. The van der Waals surface area contributed by atoms with Crippen molar-refractivity contribution in [3.05, 3.63) is 53.9 Å². The first-order chi connectivity index (χ1) is 13.3. The molecule has 1 N–H and O–H groups in total. The quantitative estimate of drug-likeness (QED) is 0.650. The van der Waals surface area contributed by atoms with Crippen LogP contribution in [0.15, 0.2) is 40.9 Å². The van der Waals surface area contributed by atoms with Crippen LogP contribution in [0.2, 0.25) is 0 Å². The lowest BCUT2D eigenvalue weighted by Crippen LogP contribution is -2.29. The maximum atomic E-state index is 12.3. The van der Waals surface area contributed by atoms with Crippen molar-refractivity contribution >= 4 is 11.6 Å². The molecule has 0 unspecified atom stereocenters. The molecular formula is C20H25N5O2. The molecule has 0 saturated carbocycles. The van der Waals surface area contributed by atoms with Gasteiger partial charge in [0.15, 0.2) is 11.4 Å². The number of aromatic nitrogens is 3. The fourth-order valence-electron chi connectivity index (χ4n) is 3.52. The van der Waals surface area contributed by atoms with Crippen LogP contribution in [0.4, 0.5) is 0 Å². The van der Waals surface area contributed by atoms with Crippen molar-refractivity contribution < 1.29 is 9.21 Å². The summed E-state index contributed by atoms with van der Waals surface area (Å²) in [5.41, 5.74) is 0.841. The summed E-state index contributed by atoms with van der Waals surface area (Å²) in [5.74, 6) is 1.99. The number of hydrogen-bond donors (Lipinski definition) is 1. The van der Waals surface area contributed by atoms with E-state index in [9.17, 15) is 4.79 Å². The van der Waals surface area contributed by atoms with Crippen LogP contribution >= 0.6 is 0 Å². The van der Waals surface area contributed by atoms with Gasteiger partial charge in [0.1, 0.15) is 11.6 Å². The minimum atomic E-state index is -0.161. The van der Waals surface area contributed by atoms with Gasteiger partial charge in [0.25, 0.3) is 5.91 Å². The molecular weight excluding hydrogens is 342 g/mol. The van der Waals surface area contributed by atoms with Gasteiger partial charge in [-0.1, -0.05) is 12.5 Å². The highest BCUT2D eigenvalue weighted by atomic mass is 16.4. The Bertz CT molecular complexity index is 895. The molecule has 0 aliphatic carbocycles. The van der Waals surface area contributed by atoms with Gasteiger partial charge in [-0.25, -0.2) is 0 Å². The van der Waals surface area contributed by atoms with Crippen molar-refractivity contribution in [3.8, 4) is 0 Å². The predicted molar refractivity (Wildman–Crippen MR) is 101 cm³/mol. The van der Waals surface area contributed by atoms with Crippen molar-refractivity contribution in [2.24, 2.45) is 0 Å². The van der Waals surface area contributed by atoms with E-state index in [4.69, 9.17) is 4.42 Å². The third-order valence-corrected chi connectivity index (χ3v) is 4.96. The lowest BCUT2D eigenvalue weighted by molar-refractivity contribution is 0.0921. The van der Waals surface area contributed by atoms with E-state index >= 15 is 0 Å². The molecule has 0 atom stereocenters. The molecule has 1 aliphatic rings. The highest BCUT2D eigenvalue weighted by Crippen LogP contribution is 2.15. The van der Waals surface area contributed by atoms with Crippen LogP contribution in [0, 0.1) is 0 Å². The third kappa shape index (κ3) is 4.36. The second kappa shape index (κ2) is 8.35. The number of piperidine rings is 1. The fraction of sp³-hybridized carbons (Fsp3) is 0.450. The Balaban J connectivity index is 1.23. The summed E-state index contributed by atoms with van der Waals surface area (Å²) in [5, 5.41) is 11.3. The molecule has 3 aromatic rings. The normalized spacial score (nSPS) is 15.3. The van der Waals surface area contributed by atoms with E-state index in [2.05, 4.69) is 20.4 Å². The number of aryl methyl sites for hydroxylation is 1. The van der Waals surface area contributed by atoms with Gasteiger partial charge in [-0.15, -0.1) is 10.2 Å². The highest BCUT2D eigenvalue weighted by Gasteiger charge is 2.15. The van der Waals surface area contributed by atoms with Crippen molar-refractivity contribution in [3.63, 3.8) is 0 Å². The Hall–Kier alpha value is -2.67. The van der Waals surface area contributed by atoms with E-state index in [-0.39, 0.29) is 5.91 Å². The molecule has 0 aromatic carbocycles. The minimum Gasteiger partial charge on any atom is -0.455 e. The van der Waals surface area contributed by atoms with Crippen LogP contribution in [0.3, 0.4) is 0 Å². The van der Waals surface area contributed by atoms with Gasteiger partial charge in [-0.05, 0) is 56.6 Å². The van der Waals surface area contributed by atoms with E-state index in [0.29, 0.717) is 12.3 Å². The number of amides is 1. The lowest BCUT2D eigenvalue weighted by Gasteiger charge is -2.25. The summed E-state index contributed by atoms with van der Waals surface area (Å²) in [6, 6.07) is 9.50. The number of pyridine rings is 1. The molecule has 1 aliphatic heterocycles. The Morgan fingerprint density at radius 3 is 2.89 bits per heavy atom. The maximum absolute atomic E-state index is 12.3. The van der Waals surface area contributed by atoms with Gasteiger partial charge in [0.05, 0.1) is 6.54 Å². The topological polar surface area (TPSA) is 75.7 Å². The monoisotopic (exact) mass is 367 g/mol. The molecule has 27 heavy (non-hydrogen) atoms. The van der Waals surface area contributed by atoms with Gasteiger partial charge in [-0.2, -0.15) is 0 Å². The average molecular weight is 367 g/mol. The zero-order valence-electron chi connectivity index (χ0n) is 15.4.